The van der Waals surface area contributed by atoms with Gasteiger partial charge in [0.2, 0.25) is 15.9 Å². The van der Waals surface area contributed by atoms with Crippen molar-refractivity contribution < 1.29 is 17.9 Å². The first kappa shape index (κ1) is 15.9. The second kappa shape index (κ2) is 6.99. The minimum absolute atomic E-state index is 0.0221. The van der Waals surface area contributed by atoms with Crippen molar-refractivity contribution in [1.29, 1.82) is 0 Å². The summed E-state index contributed by atoms with van der Waals surface area (Å²) in [5.41, 5.74) is 0.550. The van der Waals surface area contributed by atoms with E-state index in [9.17, 15) is 13.2 Å². The quantitative estimate of drug-likeness (QED) is 0.796. The van der Waals surface area contributed by atoms with E-state index in [2.05, 4.69) is 10.2 Å². The molecule has 7 nitrogen and oxygen atoms in total. The van der Waals surface area contributed by atoms with Crippen molar-refractivity contribution >= 4 is 21.6 Å². The van der Waals surface area contributed by atoms with E-state index in [1.165, 1.54) is 24.3 Å². The number of benzene rings is 1. The van der Waals surface area contributed by atoms with E-state index in [-0.39, 0.29) is 10.8 Å². The van der Waals surface area contributed by atoms with Crippen LogP contribution in [0.1, 0.15) is 6.42 Å². The van der Waals surface area contributed by atoms with E-state index in [0.717, 1.165) is 13.1 Å². The van der Waals surface area contributed by atoms with Gasteiger partial charge in [-0.15, -0.1) is 0 Å². The van der Waals surface area contributed by atoms with Crippen molar-refractivity contribution in [3.63, 3.8) is 0 Å². The van der Waals surface area contributed by atoms with Crippen LogP contribution in [0.15, 0.2) is 29.2 Å². The van der Waals surface area contributed by atoms with E-state index in [1.807, 2.05) is 0 Å². The highest BCUT2D eigenvalue weighted by Crippen LogP contribution is 2.13. The molecule has 3 N–H and O–H groups in total. The SMILES string of the molecule is NS(=O)(=O)c1ccc(NC(=O)CCN2CCOCC2)cc1. The molecule has 8 heteroatoms. The van der Waals surface area contributed by atoms with Crippen LogP contribution >= 0.6 is 0 Å². The summed E-state index contributed by atoms with van der Waals surface area (Å²) in [7, 11) is -3.70. The van der Waals surface area contributed by atoms with Gasteiger partial charge in [-0.25, -0.2) is 13.6 Å². The van der Waals surface area contributed by atoms with Crippen LogP contribution in [0.4, 0.5) is 5.69 Å². The van der Waals surface area contributed by atoms with Crippen molar-refractivity contribution in [1.82, 2.24) is 4.90 Å². The Morgan fingerprint density at radius 3 is 2.43 bits per heavy atom. The third kappa shape index (κ3) is 5.09. The number of sulfonamides is 1. The number of ether oxygens (including phenoxy) is 1. The van der Waals surface area contributed by atoms with Gasteiger partial charge in [0.1, 0.15) is 0 Å². The van der Waals surface area contributed by atoms with E-state index in [0.29, 0.717) is 31.9 Å². The summed E-state index contributed by atoms with van der Waals surface area (Å²) in [5, 5.41) is 7.74. The molecule has 1 heterocycles. The number of nitrogens with two attached hydrogens (primary N) is 1. The molecule has 2 rings (SSSR count). The minimum atomic E-state index is -3.70. The maximum atomic E-state index is 11.8. The summed E-state index contributed by atoms with van der Waals surface area (Å²) >= 11 is 0. The Bertz CT molecular complexity index is 580. The molecule has 0 radical (unpaired) electrons. The zero-order valence-corrected chi connectivity index (χ0v) is 12.4. The first-order valence-corrected chi connectivity index (χ1v) is 8.22. The van der Waals surface area contributed by atoms with Crippen LogP contribution in [-0.4, -0.2) is 52.1 Å². The predicted octanol–water partition coefficient (Wildman–Crippen LogP) is -0.00520. The summed E-state index contributed by atoms with van der Waals surface area (Å²) in [5.74, 6) is -0.107. The molecule has 0 bridgehead atoms. The Hall–Kier alpha value is -1.48. The lowest BCUT2D eigenvalue weighted by molar-refractivity contribution is -0.116. The highest BCUT2D eigenvalue weighted by Gasteiger charge is 2.12. The largest absolute Gasteiger partial charge is 0.379 e. The molecule has 1 aliphatic heterocycles. The van der Waals surface area contributed by atoms with Crippen LogP contribution in [0.2, 0.25) is 0 Å². The van der Waals surface area contributed by atoms with Gasteiger partial charge >= 0.3 is 0 Å². The van der Waals surface area contributed by atoms with Crippen molar-refractivity contribution in [2.45, 2.75) is 11.3 Å². The molecule has 1 saturated heterocycles. The Labute approximate surface area is 124 Å². The summed E-state index contributed by atoms with van der Waals surface area (Å²) in [6.45, 7) is 3.78. The number of hydrogen-bond donors (Lipinski definition) is 2. The van der Waals surface area contributed by atoms with Crippen LogP contribution < -0.4 is 10.5 Å². The average molecular weight is 313 g/mol. The molecule has 1 amide bonds. The molecule has 0 spiro atoms. The lowest BCUT2D eigenvalue weighted by atomic mass is 10.3. The van der Waals surface area contributed by atoms with Crippen molar-refractivity contribution in [3.8, 4) is 0 Å². The van der Waals surface area contributed by atoms with Crippen molar-refractivity contribution in [2.24, 2.45) is 5.14 Å². The number of carbonyl (C=O) groups excluding carboxylic acids is 1. The number of hydrogen-bond acceptors (Lipinski definition) is 5. The molecular weight excluding hydrogens is 294 g/mol. The first-order chi connectivity index (χ1) is 9.95. The van der Waals surface area contributed by atoms with Crippen molar-refractivity contribution in [2.75, 3.05) is 38.2 Å². The predicted molar refractivity (Wildman–Crippen MR) is 78.3 cm³/mol. The molecule has 1 aliphatic rings. The topological polar surface area (TPSA) is 102 Å². The van der Waals surface area contributed by atoms with Crippen LogP contribution in [-0.2, 0) is 19.6 Å². The fraction of sp³-hybridized carbons (Fsp3) is 0.462. The summed E-state index contributed by atoms with van der Waals surface area (Å²) in [6, 6.07) is 5.78. The lowest BCUT2D eigenvalue weighted by Gasteiger charge is -2.26. The van der Waals surface area contributed by atoms with Gasteiger partial charge in [0.05, 0.1) is 18.1 Å². The van der Waals surface area contributed by atoms with Gasteiger partial charge in [0, 0.05) is 31.7 Å². The second-order valence-electron chi connectivity index (χ2n) is 4.82. The molecule has 1 aromatic rings. The molecule has 21 heavy (non-hydrogen) atoms. The molecule has 0 saturated carbocycles. The minimum Gasteiger partial charge on any atom is -0.379 e. The molecule has 0 atom stereocenters. The number of anilines is 1. The summed E-state index contributed by atoms with van der Waals surface area (Å²) < 4.78 is 27.5. The molecule has 1 fully saturated rings. The third-order valence-corrected chi connectivity index (χ3v) is 4.15. The highest BCUT2D eigenvalue weighted by atomic mass is 32.2. The van der Waals surface area contributed by atoms with Crippen LogP contribution in [0, 0.1) is 0 Å². The van der Waals surface area contributed by atoms with E-state index < -0.39 is 10.0 Å². The fourth-order valence-electron chi connectivity index (χ4n) is 2.04. The number of rotatable bonds is 5. The number of carbonyl (C=O) groups is 1. The standard InChI is InChI=1S/C13H19N3O4S/c14-21(18,19)12-3-1-11(2-4-12)15-13(17)5-6-16-7-9-20-10-8-16/h1-4H,5-10H2,(H,15,17)(H2,14,18,19). The number of nitrogens with zero attached hydrogens (tertiary/aromatic N) is 1. The molecule has 0 aromatic heterocycles. The van der Waals surface area contributed by atoms with E-state index in [1.54, 1.807) is 0 Å². The van der Waals surface area contributed by atoms with Crippen LogP contribution in [0.5, 0.6) is 0 Å². The van der Waals surface area contributed by atoms with Gasteiger partial charge in [0.25, 0.3) is 0 Å². The Balaban J connectivity index is 1.82. The Kier molecular flexibility index (Phi) is 5.29. The normalized spacial score (nSPS) is 16.6. The van der Waals surface area contributed by atoms with Gasteiger partial charge in [-0.1, -0.05) is 0 Å². The van der Waals surface area contributed by atoms with E-state index >= 15 is 0 Å². The van der Waals surface area contributed by atoms with Crippen molar-refractivity contribution in [3.05, 3.63) is 24.3 Å². The van der Waals surface area contributed by atoms with Crippen LogP contribution in [0.3, 0.4) is 0 Å². The van der Waals surface area contributed by atoms with Gasteiger partial charge in [-0.2, -0.15) is 0 Å². The zero-order valence-electron chi connectivity index (χ0n) is 11.6. The number of amides is 1. The van der Waals surface area contributed by atoms with Gasteiger partial charge < -0.3 is 10.1 Å². The van der Waals surface area contributed by atoms with Gasteiger partial charge in [-0.3, -0.25) is 9.69 Å². The molecular formula is C13H19N3O4S. The molecule has 1 aromatic carbocycles. The molecule has 116 valence electrons. The maximum absolute atomic E-state index is 11.8. The summed E-state index contributed by atoms with van der Waals surface area (Å²) in [6.07, 6.45) is 0.386. The molecule has 0 aliphatic carbocycles. The Morgan fingerprint density at radius 2 is 1.86 bits per heavy atom. The fourth-order valence-corrected chi connectivity index (χ4v) is 2.55. The maximum Gasteiger partial charge on any atom is 0.238 e. The summed E-state index contributed by atoms with van der Waals surface area (Å²) in [4.78, 5) is 14.0. The molecule has 0 unspecified atom stereocenters. The van der Waals surface area contributed by atoms with Crippen LogP contribution in [0.25, 0.3) is 0 Å². The number of morpholine rings is 1. The zero-order chi connectivity index (χ0) is 15.3. The van der Waals surface area contributed by atoms with Gasteiger partial charge in [-0.05, 0) is 24.3 Å². The number of primary sulfonamides is 1. The smallest absolute Gasteiger partial charge is 0.238 e. The second-order valence-corrected chi connectivity index (χ2v) is 6.38. The average Bonchev–Trinajstić information content (AvgIpc) is 2.46. The Morgan fingerprint density at radius 1 is 1.24 bits per heavy atom. The first-order valence-electron chi connectivity index (χ1n) is 6.68. The highest BCUT2D eigenvalue weighted by molar-refractivity contribution is 7.89. The third-order valence-electron chi connectivity index (χ3n) is 3.23. The number of nitrogens with one attached hydrogen (secondary N) is 1. The lowest BCUT2D eigenvalue weighted by Crippen LogP contribution is -2.38. The van der Waals surface area contributed by atoms with E-state index in [4.69, 9.17) is 9.88 Å². The van der Waals surface area contributed by atoms with Gasteiger partial charge in [0.15, 0.2) is 0 Å². The monoisotopic (exact) mass is 313 g/mol.